The average molecular weight is 255 g/mol. The summed E-state index contributed by atoms with van der Waals surface area (Å²) in [6.45, 7) is 2.14. The number of carbonyl (C=O) groups is 1. The van der Waals surface area contributed by atoms with Crippen LogP contribution in [0.3, 0.4) is 0 Å². The number of hydrogen-bond donors (Lipinski definition) is 1. The zero-order valence-electron chi connectivity index (χ0n) is 12.1. The summed E-state index contributed by atoms with van der Waals surface area (Å²) in [5.41, 5.74) is 0. The van der Waals surface area contributed by atoms with Crippen molar-refractivity contribution in [2.24, 2.45) is 0 Å². The molecule has 0 aliphatic rings. The third-order valence-corrected chi connectivity index (χ3v) is 3.38. The monoisotopic (exact) mass is 255 g/mol. The lowest BCUT2D eigenvalue weighted by Gasteiger charge is -2.02. The van der Waals surface area contributed by atoms with Crippen molar-refractivity contribution in [3.63, 3.8) is 0 Å². The van der Waals surface area contributed by atoms with Crippen LogP contribution in [0.4, 0.5) is 0 Å². The predicted molar refractivity (Wildman–Crippen MR) is 77.6 cm³/mol. The van der Waals surface area contributed by atoms with Crippen LogP contribution >= 0.6 is 0 Å². The Morgan fingerprint density at radius 1 is 0.778 bits per heavy atom. The van der Waals surface area contributed by atoms with Crippen molar-refractivity contribution < 1.29 is 9.90 Å². The van der Waals surface area contributed by atoms with E-state index in [-0.39, 0.29) is 0 Å². The number of hydrogen-bond acceptors (Lipinski definition) is 1. The zero-order valence-corrected chi connectivity index (χ0v) is 12.1. The third-order valence-electron chi connectivity index (χ3n) is 3.38. The van der Waals surface area contributed by atoms with Crippen molar-refractivity contribution in [3.05, 3.63) is 6.42 Å². The van der Waals surface area contributed by atoms with Crippen LogP contribution < -0.4 is 0 Å². The molecule has 0 saturated carbocycles. The van der Waals surface area contributed by atoms with Crippen molar-refractivity contribution in [1.82, 2.24) is 0 Å². The second-order valence-electron chi connectivity index (χ2n) is 5.23. The van der Waals surface area contributed by atoms with Gasteiger partial charge in [0, 0.05) is 6.42 Å². The van der Waals surface area contributed by atoms with Gasteiger partial charge < -0.3 is 5.11 Å². The lowest BCUT2D eigenvalue weighted by molar-refractivity contribution is -0.137. The van der Waals surface area contributed by atoms with Gasteiger partial charge in [-0.15, -0.1) is 0 Å². The number of carboxylic acids is 1. The van der Waals surface area contributed by atoms with Crippen molar-refractivity contribution in [1.29, 1.82) is 0 Å². The van der Waals surface area contributed by atoms with Crippen molar-refractivity contribution in [3.8, 4) is 0 Å². The van der Waals surface area contributed by atoms with E-state index in [0.29, 0.717) is 6.42 Å². The van der Waals surface area contributed by atoms with E-state index in [2.05, 4.69) is 13.3 Å². The lowest BCUT2D eigenvalue weighted by atomic mass is 10.0. The topological polar surface area (TPSA) is 37.3 Å². The maximum absolute atomic E-state index is 10.3. The molecule has 0 saturated heterocycles. The largest absolute Gasteiger partial charge is 0.481 e. The second kappa shape index (κ2) is 14.5. The number of unbranched alkanes of at least 4 members (excludes halogenated alkanes) is 12. The van der Waals surface area contributed by atoms with Gasteiger partial charge in [-0.25, -0.2) is 0 Å². The summed E-state index contributed by atoms with van der Waals surface area (Å²) in [6.07, 6.45) is 17.9. The smallest absolute Gasteiger partial charge is 0.303 e. The first-order chi connectivity index (χ1) is 8.77. The highest BCUT2D eigenvalue weighted by molar-refractivity contribution is 5.66. The van der Waals surface area contributed by atoms with E-state index in [1.165, 1.54) is 64.2 Å². The van der Waals surface area contributed by atoms with Crippen LogP contribution in [0.2, 0.25) is 0 Å². The molecular formula is C16H31O2. The lowest BCUT2D eigenvalue weighted by Crippen LogP contribution is -1.93. The molecule has 0 fully saturated rings. The first-order valence-electron chi connectivity index (χ1n) is 7.77. The minimum absolute atomic E-state index is 0.342. The molecular weight excluding hydrogens is 224 g/mol. The summed E-state index contributed by atoms with van der Waals surface area (Å²) < 4.78 is 0. The van der Waals surface area contributed by atoms with Crippen LogP contribution in [0.1, 0.15) is 90.4 Å². The van der Waals surface area contributed by atoms with E-state index in [1.54, 1.807) is 0 Å². The van der Waals surface area contributed by atoms with E-state index in [0.717, 1.165) is 12.8 Å². The SMILES string of the molecule is C[CH]CCCCCCCCCCCCCC(=O)O. The molecule has 2 heteroatoms. The van der Waals surface area contributed by atoms with Gasteiger partial charge in [0.1, 0.15) is 0 Å². The van der Waals surface area contributed by atoms with E-state index in [9.17, 15) is 4.79 Å². The van der Waals surface area contributed by atoms with Gasteiger partial charge >= 0.3 is 5.97 Å². The normalized spacial score (nSPS) is 10.7. The molecule has 0 aromatic carbocycles. The fraction of sp³-hybridized carbons (Fsp3) is 0.875. The fourth-order valence-electron chi connectivity index (χ4n) is 2.22. The molecule has 1 radical (unpaired) electrons. The molecule has 0 unspecified atom stereocenters. The Balaban J connectivity index is 2.92. The number of rotatable bonds is 14. The highest BCUT2D eigenvalue weighted by atomic mass is 16.4. The summed E-state index contributed by atoms with van der Waals surface area (Å²) in [5.74, 6) is -0.657. The molecule has 0 heterocycles. The Kier molecular flexibility index (Phi) is 14.1. The minimum Gasteiger partial charge on any atom is -0.481 e. The van der Waals surface area contributed by atoms with Gasteiger partial charge in [-0.3, -0.25) is 4.79 Å². The summed E-state index contributed by atoms with van der Waals surface area (Å²) in [5, 5.41) is 8.49. The molecule has 0 atom stereocenters. The Morgan fingerprint density at radius 3 is 1.56 bits per heavy atom. The molecule has 18 heavy (non-hydrogen) atoms. The van der Waals surface area contributed by atoms with Gasteiger partial charge in [0.2, 0.25) is 0 Å². The predicted octanol–water partition coefficient (Wildman–Crippen LogP) is 5.37. The molecule has 1 N–H and O–H groups in total. The van der Waals surface area contributed by atoms with Crippen molar-refractivity contribution >= 4 is 5.97 Å². The quantitative estimate of drug-likeness (QED) is 0.424. The number of carboxylic acid groups (broad SMARTS) is 1. The molecule has 0 bridgehead atoms. The van der Waals surface area contributed by atoms with Gasteiger partial charge in [0.05, 0.1) is 0 Å². The molecule has 0 aliphatic heterocycles. The van der Waals surface area contributed by atoms with Crippen LogP contribution in [-0.4, -0.2) is 11.1 Å². The molecule has 0 amide bonds. The summed E-state index contributed by atoms with van der Waals surface area (Å²) in [4.78, 5) is 10.3. The van der Waals surface area contributed by atoms with E-state index in [4.69, 9.17) is 5.11 Å². The van der Waals surface area contributed by atoms with Gasteiger partial charge in [-0.05, 0) is 12.8 Å². The van der Waals surface area contributed by atoms with Crippen LogP contribution in [0.25, 0.3) is 0 Å². The molecule has 0 aromatic rings. The van der Waals surface area contributed by atoms with Crippen LogP contribution in [0.15, 0.2) is 0 Å². The first-order valence-corrected chi connectivity index (χ1v) is 7.77. The highest BCUT2D eigenvalue weighted by Gasteiger charge is 1.96. The zero-order chi connectivity index (χ0) is 13.5. The Labute approximate surface area is 113 Å². The van der Waals surface area contributed by atoms with Gasteiger partial charge in [-0.2, -0.15) is 0 Å². The molecule has 0 aliphatic carbocycles. The third kappa shape index (κ3) is 15.5. The first kappa shape index (κ1) is 17.5. The van der Waals surface area contributed by atoms with E-state index >= 15 is 0 Å². The van der Waals surface area contributed by atoms with Crippen LogP contribution in [0.5, 0.6) is 0 Å². The standard InChI is InChI=1S/C16H31O2/c1-2-3-4-5-6-7-8-9-10-11-12-13-14-15-16(17)18/h2H,3-15H2,1H3,(H,17,18). The Morgan fingerprint density at radius 2 is 1.17 bits per heavy atom. The summed E-state index contributed by atoms with van der Waals surface area (Å²) >= 11 is 0. The van der Waals surface area contributed by atoms with Crippen LogP contribution in [0, 0.1) is 6.42 Å². The number of aliphatic carboxylic acids is 1. The van der Waals surface area contributed by atoms with Gasteiger partial charge in [0.25, 0.3) is 0 Å². The van der Waals surface area contributed by atoms with Crippen LogP contribution in [-0.2, 0) is 4.79 Å². The maximum atomic E-state index is 10.3. The molecule has 2 nitrogen and oxygen atoms in total. The Bertz CT molecular complexity index is 178. The summed E-state index contributed by atoms with van der Waals surface area (Å²) in [7, 11) is 0. The maximum Gasteiger partial charge on any atom is 0.303 e. The fourth-order valence-corrected chi connectivity index (χ4v) is 2.22. The highest BCUT2D eigenvalue weighted by Crippen LogP contribution is 2.12. The molecule has 0 spiro atoms. The van der Waals surface area contributed by atoms with Gasteiger partial charge in [-0.1, -0.05) is 77.6 Å². The average Bonchev–Trinajstić information content (AvgIpc) is 2.34. The van der Waals surface area contributed by atoms with Crippen molar-refractivity contribution in [2.75, 3.05) is 0 Å². The Hall–Kier alpha value is -0.530. The molecule has 0 aromatic heterocycles. The van der Waals surface area contributed by atoms with Crippen molar-refractivity contribution in [2.45, 2.75) is 90.4 Å². The van der Waals surface area contributed by atoms with E-state index < -0.39 is 5.97 Å². The second-order valence-corrected chi connectivity index (χ2v) is 5.23. The molecule has 107 valence electrons. The van der Waals surface area contributed by atoms with Gasteiger partial charge in [0.15, 0.2) is 0 Å². The summed E-state index contributed by atoms with van der Waals surface area (Å²) in [6, 6.07) is 0. The minimum atomic E-state index is -0.657. The van der Waals surface area contributed by atoms with E-state index in [1.807, 2.05) is 0 Å². The molecule has 0 rings (SSSR count).